The van der Waals surface area contributed by atoms with Crippen molar-refractivity contribution in [3.8, 4) is 0 Å². The van der Waals surface area contributed by atoms with Crippen molar-refractivity contribution in [2.75, 3.05) is 26.3 Å². The average molecular weight is 277 g/mol. The van der Waals surface area contributed by atoms with Gasteiger partial charge in [0, 0.05) is 6.54 Å². The predicted molar refractivity (Wildman–Crippen MR) is 71.4 cm³/mol. The van der Waals surface area contributed by atoms with Crippen LogP contribution in [0.25, 0.3) is 0 Å². The maximum Gasteiger partial charge on any atom is 0.241 e. The molecule has 108 valence electrons. The third-order valence-electron chi connectivity index (χ3n) is 3.93. The number of hydrogen-bond donors (Lipinski definition) is 1. The van der Waals surface area contributed by atoms with Gasteiger partial charge < -0.3 is 14.6 Å². The fourth-order valence-electron chi connectivity index (χ4n) is 2.91. The molecular formula is C14H19N3O3. The molecule has 3 heterocycles. The maximum absolute atomic E-state index is 12.4. The summed E-state index contributed by atoms with van der Waals surface area (Å²) < 4.78 is 5.35. The van der Waals surface area contributed by atoms with Crippen LogP contribution in [0.5, 0.6) is 0 Å². The lowest BCUT2D eigenvalue weighted by atomic mass is 9.96. The number of rotatable bonds is 3. The highest BCUT2D eigenvalue weighted by molar-refractivity contribution is 5.88. The molecule has 0 spiro atoms. The first-order valence-corrected chi connectivity index (χ1v) is 7.02. The highest BCUT2D eigenvalue weighted by atomic mass is 16.3. The lowest BCUT2D eigenvalue weighted by molar-refractivity contribution is -0.137. The first kappa shape index (κ1) is 13.2. The largest absolute Gasteiger partial charge is 0.468 e. The van der Waals surface area contributed by atoms with Crippen LogP contribution in [0.1, 0.15) is 18.6 Å². The minimum atomic E-state index is -0.0680. The Labute approximate surface area is 117 Å². The molecule has 6 heteroatoms. The number of piperidine rings is 1. The highest BCUT2D eigenvalue weighted by Crippen LogP contribution is 2.21. The van der Waals surface area contributed by atoms with Crippen LogP contribution in [0, 0.1) is 5.92 Å². The van der Waals surface area contributed by atoms with E-state index in [-0.39, 0.29) is 24.3 Å². The monoisotopic (exact) mass is 277 g/mol. The van der Waals surface area contributed by atoms with Gasteiger partial charge in [-0.05, 0) is 31.5 Å². The molecule has 0 aliphatic carbocycles. The zero-order chi connectivity index (χ0) is 13.9. The third-order valence-corrected chi connectivity index (χ3v) is 3.93. The van der Waals surface area contributed by atoms with E-state index in [1.165, 1.54) is 0 Å². The molecule has 0 radical (unpaired) electrons. The summed E-state index contributed by atoms with van der Waals surface area (Å²) in [5.41, 5.74) is 0. The van der Waals surface area contributed by atoms with Gasteiger partial charge in [-0.1, -0.05) is 0 Å². The first-order valence-electron chi connectivity index (χ1n) is 7.02. The van der Waals surface area contributed by atoms with E-state index in [9.17, 15) is 9.59 Å². The molecule has 1 aromatic heterocycles. The fourth-order valence-corrected chi connectivity index (χ4v) is 2.91. The number of furan rings is 1. The average Bonchev–Trinajstić information content (AvgIpc) is 3.10. The number of likely N-dealkylation sites (tertiary alicyclic amines) is 1. The van der Waals surface area contributed by atoms with Gasteiger partial charge in [0.25, 0.3) is 0 Å². The lowest BCUT2D eigenvalue weighted by Gasteiger charge is -2.32. The van der Waals surface area contributed by atoms with Crippen molar-refractivity contribution in [1.29, 1.82) is 0 Å². The van der Waals surface area contributed by atoms with Crippen LogP contribution in [-0.4, -0.2) is 47.9 Å². The van der Waals surface area contributed by atoms with E-state index in [1.54, 1.807) is 11.2 Å². The molecule has 2 fully saturated rings. The van der Waals surface area contributed by atoms with Gasteiger partial charge in [-0.25, -0.2) is 0 Å². The smallest absolute Gasteiger partial charge is 0.241 e. The Hall–Kier alpha value is -1.82. The van der Waals surface area contributed by atoms with Gasteiger partial charge in [-0.15, -0.1) is 0 Å². The van der Waals surface area contributed by atoms with Crippen molar-refractivity contribution in [2.24, 2.45) is 5.92 Å². The Morgan fingerprint density at radius 2 is 2.40 bits per heavy atom. The molecule has 2 amide bonds. The van der Waals surface area contributed by atoms with Gasteiger partial charge in [0.2, 0.25) is 11.8 Å². The minimum Gasteiger partial charge on any atom is -0.468 e. The summed E-state index contributed by atoms with van der Waals surface area (Å²) in [6, 6.07) is 3.83. The predicted octanol–water partition coefficient (Wildman–Crippen LogP) is 0.407. The van der Waals surface area contributed by atoms with Crippen molar-refractivity contribution >= 4 is 11.8 Å². The van der Waals surface area contributed by atoms with Crippen molar-refractivity contribution < 1.29 is 14.0 Å². The van der Waals surface area contributed by atoms with Crippen LogP contribution in [-0.2, 0) is 16.1 Å². The number of nitrogens with one attached hydrogen (secondary N) is 1. The maximum atomic E-state index is 12.4. The van der Waals surface area contributed by atoms with E-state index in [4.69, 9.17) is 4.42 Å². The van der Waals surface area contributed by atoms with Crippen molar-refractivity contribution in [3.05, 3.63) is 24.2 Å². The molecule has 2 saturated heterocycles. The quantitative estimate of drug-likeness (QED) is 0.869. The normalized spacial score (nSPS) is 23.9. The number of amides is 2. The number of hydrogen-bond acceptors (Lipinski definition) is 4. The Kier molecular flexibility index (Phi) is 3.73. The Bertz CT molecular complexity index is 486. The standard InChI is InChI=1S/C14H19N3O3/c18-13-9-17(10-15-13)14(19)11-3-1-5-16(7-11)8-12-4-2-6-20-12/h2,4,6,11H,1,3,5,7-10H2,(H,15,18). The molecule has 2 aliphatic rings. The van der Waals surface area contributed by atoms with Crippen LogP contribution in [0.2, 0.25) is 0 Å². The van der Waals surface area contributed by atoms with Crippen molar-refractivity contribution in [3.63, 3.8) is 0 Å². The SMILES string of the molecule is O=C1CN(C(=O)C2CCCN(Cc3ccco3)C2)CN1. The molecule has 3 rings (SSSR count). The third kappa shape index (κ3) is 2.85. The Morgan fingerprint density at radius 1 is 1.50 bits per heavy atom. The van der Waals surface area contributed by atoms with Gasteiger partial charge in [-0.3, -0.25) is 14.5 Å². The van der Waals surface area contributed by atoms with Crippen LogP contribution in [0.3, 0.4) is 0 Å². The van der Waals surface area contributed by atoms with E-state index >= 15 is 0 Å². The molecular weight excluding hydrogens is 258 g/mol. The molecule has 1 N–H and O–H groups in total. The summed E-state index contributed by atoms with van der Waals surface area (Å²) in [6.07, 6.45) is 3.58. The lowest BCUT2D eigenvalue weighted by Crippen LogP contribution is -2.44. The van der Waals surface area contributed by atoms with E-state index in [2.05, 4.69) is 10.2 Å². The number of nitrogens with zero attached hydrogens (tertiary/aromatic N) is 2. The Morgan fingerprint density at radius 3 is 3.10 bits per heavy atom. The summed E-state index contributed by atoms with van der Waals surface area (Å²) in [6.45, 7) is 3.03. The number of carbonyl (C=O) groups excluding carboxylic acids is 2. The second-order valence-corrected chi connectivity index (χ2v) is 5.45. The minimum absolute atomic E-state index is 0.00795. The van der Waals surface area contributed by atoms with Crippen LogP contribution in [0.4, 0.5) is 0 Å². The topological polar surface area (TPSA) is 65.8 Å². The second-order valence-electron chi connectivity index (χ2n) is 5.45. The summed E-state index contributed by atoms with van der Waals surface area (Å²) >= 11 is 0. The van der Waals surface area contributed by atoms with E-state index in [0.29, 0.717) is 6.67 Å². The van der Waals surface area contributed by atoms with Crippen molar-refractivity contribution in [2.45, 2.75) is 19.4 Å². The Balaban J connectivity index is 1.57. The molecule has 0 bridgehead atoms. The summed E-state index contributed by atoms with van der Waals surface area (Å²) in [5, 5.41) is 2.67. The van der Waals surface area contributed by atoms with Gasteiger partial charge in [0.1, 0.15) is 12.3 Å². The van der Waals surface area contributed by atoms with Gasteiger partial charge in [0.05, 0.1) is 25.4 Å². The summed E-state index contributed by atoms with van der Waals surface area (Å²) in [4.78, 5) is 27.4. The summed E-state index contributed by atoms with van der Waals surface area (Å²) in [7, 11) is 0. The molecule has 1 atom stereocenters. The highest BCUT2D eigenvalue weighted by Gasteiger charge is 2.32. The molecule has 0 aromatic carbocycles. The van der Waals surface area contributed by atoms with Crippen LogP contribution < -0.4 is 5.32 Å². The molecule has 1 unspecified atom stereocenters. The first-order chi connectivity index (χ1) is 9.72. The zero-order valence-electron chi connectivity index (χ0n) is 11.4. The van der Waals surface area contributed by atoms with Crippen LogP contribution >= 0.6 is 0 Å². The molecule has 6 nitrogen and oxygen atoms in total. The molecule has 1 aromatic rings. The van der Waals surface area contributed by atoms with E-state index < -0.39 is 0 Å². The molecule has 2 aliphatic heterocycles. The van der Waals surface area contributed by atoms with Crippen LogP contribution in [0.15, 0.2) is 22.8 Å². The van der Waals surface area contributed by atoms with Gasteiger partial charge >= 0.3 is 0 Å². The van der Waals surface area contributed by atoms with Gasteiger partial charge in [0.15, 0.2) is 0 Å². The van der Waals surface area contributed by atoms with Gasteiger partial charge in [-0.2, -0.15) is 0 Å². The second kappa shape index (κ2) is 5.66. The summed E-state index contributed by atoms with van der Waals surface area (Å²) in [5.74, 6) is 0.941. The zero-order valence-corrected chi connectivity index (χ0v) is 11.4. The fraction of sp³-hybridized carbons (Fsp3) is 0.571. The molecule has 20 heavy (non-hydrogen) atoms. The molecule has 0 saturated carbocycles. The number of carbonyl (C=O) groups is 2. The van der Waals surface area contributed by atoms with E-state index in [0.717, 1.165) is 38.2 Å². The van der Waals surface area contributed by atoms with Crippen molar-refractivity contribution in [1.82, 2.24) is 15.1 Å². The van der Waals surface area contributed by atoms with E-state index in [1.807, 2.05) is 12.1 Å².